The lowest BCUT2D eigenvalue weighted by molar-refractivity contribution is 0.0574. The van der Waals surface area contributed by atoms with Gasteiger partial charge in [-0.2, -0.15) is 0 Å². The van der Waals surface area contributed by atoms with Crippen LogP contribution in [0.4, 0.5) is 5.69 Å². The third-order valence-corrected chi connectivity index (χ3v) is 8.41. The zero-order chi connectivity index (χ0) is 21.2. The predicted octanol–water partition coefficient (Wildman–Crippen LogP) is 7.49. The largest absolute Gasteiger partial charge is 0.351 e. The molecule has 2 aromatic rings. The Bertz CT molecular complexity index is 835. The predicted molar refractivity (Wildman–Crippen MR) is 131 cm³/mol. The Labute approximate surface area is 189 Å². The SMILES string of the molecule is Cc1ccccc1N1C(C2CCCCC2)N(C2CCCCC2)C(c2ccccc2)[C@@H]1C. The van der Waals surface area contributed by atoms with Gasteiger partial charge in [-0.3, -0.25) is 4.90 Å². The van der Waals surface area contributed by atoms with Gasteiger partial charge in [-0.05, 0) is 62.6 Å². The van der Waals surface area contributed by atoms with Gasteiger partial charge in [-0.15, -0.1) is 0 Å². The summed E-state index contributed by atoms with van der Waals surface area (Å²) in [6, 6.07) is 22.2. The highest BCUT2D eigenvalue weighted by molar-refractivity contribution is 5.56. The third kappa shape index (κ3) is 4.04. The topological polar surface area (TPSA) is 6.48 Å². The monoisotopic (exact) mass is 416 g/mol. The first-order valence-electron chi connectivity index (χ1n) is 12.9. The van der Waals surface area contributed by atoms with Crippen LogP contribution in [0.15, 0.2) is 54.6 Å². The summed E-state index contributed by atoms with van der Waals surface area (Å²) >= 11 is 0. The van der Waals surface area contributed by atoms with Crippen LogP contribution in [0.1, 0.15) is 88.3 Å². The number of para-hydroxylation sites is 1. The van der Waals surface area contributed by atoms with Crippen molar-refractivity contribution in [1.82, 2.24) is 4.90 Å². The second-order valence-electron chi connectivity index (χ2n) is 10.3. The van der Waals surface area contributed by atoms with Gasteiger partial charge < -0.3 is 4.90 Å². The summed E-state index contributed by atoms with van der Waals surface area (Å²) in [5.74, 6) is 0.784. The summed E-state index contributed by atoms with van der Waals surface area (Å²) in [4.78, 5) is 5.89. The molecule has 2 saturated carbocycles. The minimum atomic E-state index is 0.482. The standard InChI is InChI=1S/C29H40N2/c1-22-14-12-13-21-27(22)30-23(2)28(24-15-6-3-7-16-24)31(26-19-10-5-11-20-26)29(30)25-17-8-4-9-18-25/h3,6-7,12-16,21,23,25-26,28-29H,4-5,8-11,17-20H2,1-2H3/t23-,28?,29?/m0/s1. The van der Waals surface area contributed by atoms with Crippen LogP contribution in [-0.4, -0.2) is 23.1 Å². The lowest BCUT2D eigenvalue weighted by atomic mass is 9.84. The fourth-order valence-electron chi connectivity index (χ4n) is 6.99. The second kappa shape index (κ2) is 9.36. The number of hydrogen-bond acceptors (Lipinski definition) is 2. The Balaban J connectivity index is 1.63. The third-order valence-electron chi connectivity index (χ3n) is 8.41. The Hall–Kier alpha value is -1.80. The summed E-state index contributed by atoms with van der Waals surface area (Å²) in [7, 11) is 0. The maximum atomic E-state index is 3.03. The minimum Gasteiger partial charge on any atom is -0.351 e. The molecular formula is C29H40N2. The van der Waals surface area contributed by atoms with Gasteiger partial charge in [0.15, 0.2) is 0 Å². The summed E-state index contributed by atoms with van der Waals surface area (Å²) in [6.07, 6.45) is 14.5. The molecule has 2 heteroatoms. The van der Waals surface area contributed by atoms with Gasteiger partial charge >= 0.3 is 0 Å². The Morgan fingerprint density at radius 3 is 2.00 bits per heavy atom. The van der Waals surface area contributed by atoms with E-state index < -0.39 is 0 Å². The van der Waals surface area contributed by atoms with Crippen molar-refractivity contribution in [3.05, 3.63) is 65.7 Å². The molecule has 0 radical (unpaired) electrons. The Morgan fingerprint density at radius 2 is 1.32 bits per heavy atom. The molecule has 0 aromatic heterocycles. The van der Waals surface area contributed by atoms with Crippen molar-refractivity contribution in [2.75, 3.05) is 4.90 Å². The van der Waals surface area contributed by atoms with Crippen LogP contribution in [0.2, 0.25) is 0 Å². The van der Waals surface area contributed by atoms with Crippen LogP contribution >= 0.6 is 0 Å². The average molecular weight is 417 g/mol. The van der Waals surface area contributed by atoms with Crippen LogP contribution in [0, 0.1) is 12.8 Å². The molecule has 5 rings (SSSR count). The highest BCUT2D eigenvalue weighted by atomic mass is 15.5. The molecule has 3 aliphatic rings. The number of nitrogens with zero attached hydrogens (tertiary/aromatic N) is 2. The maximum absolute atomic E-state index is 3.03. The second-order valence-corrected chi connectivity index (χ2v) is 10.3. The molecule has 1 heterocycles. The molecule has 3 fully saturated rings. The van der Waals surface area contributed by atoms with Gasteiger partial charge in [0, 0.05) is 17.8 Å². The number of anilines is 1. The van der Waals surface area contributed by atoms with E-state index in [2.05, 4.69) is 78.2 Å². The van der Waals surface area contributed by atoms with Crippen LogP contribution < -0.4 is 4.90 Å². The molecule has 1 aliphatic heterocycles. The average Bonchev–Trinajstić information content (AvgIpc) is 3.14. The molecule has 2 unspecified atom stereocenters. The smallest absolute Gasteiger partial charge is 0.0861 e. The van der Waals surface area contributed by atoms with Gasteiger partial charge in [-0.25, -0.2) is 0 Å². The molecule has 2 aromatic carbocycles. The molecule has 1 saturated heterocycles. The van der Waals surface area contributed by atoms with Crippen molar-refractivity contribution in [1.29, 1.82) is 0 Å². The van der Waals surface area contributed by atoms with Crippen molar-refractivity contribution in [2.24, 2.45) is 5.92 Å². The van der Waals surface area contributed by atoms with E-state index in [1.807, 2.05) is 0 Å². The fraction of sp³-hybridized carbons (Fsp3) is 0.586. The van der Waals surface area contributed by atoms with E-state index in [0.717, 1.165) is 12.0 Å². The minimum absolute atomic E-state index is 0.482. The van der Waals surface area contributed by atoms with Crippen LogP contribution in [-0.2, 0) is 0 Å². The molecular weight excluding hydrogens is 376 g/mol. The number of hydrogen-bond donors (Lipinski definition) is 0. The molecule has 2 aliphatic carbocycles. The van der Waals surface area contributed by atoms with Crippen molar-refractivity contribution < 1.29 is 0 Å². The van der Waals surface area contributed by atoms with Crippen molar-refractivity contribution in [2.45, 2.75) is 102 Å². The molecule has 166 valence electrons. The number of aryl methyl sites for hydroxylation is 1. The van der Waals surface area contributed by atoms with Gasteiger partial charge in [0.25, 0.3) is 0 Å². The quantitative estimate of drug-likeness (QED) is 0.509. The van der Waals surface area contributed by atoms with Gasteiger partial charge in [0.05, 0.1) is 12.2 Å². The molecule has 0 bridgehead atoms. The lowest BCUT2D eigenvalue weighted by Gasteiger charge is -2.45. The molecule has 0 N–H and O–H groups in total. The molecule has 0 spiro atoms. The van der Waals surface area contributed by atoms with Gasteiger partial charge in [0.2, 0.25) is 0 Å². The van der Waals surface area contributed by atoms with E-state index in [0.29, 0.717) is 18.2 Å². The van der Waals surface area contributed by atoms with E-state index in [1.165, 1.54) is 81.0 Å². The highest BCUT2D eigenvalue weighted by Crippen LogP contribution is 2.49. The first kappa shape index (κ1) is 21.1. The Kier molecular flexibility index (Phi) is 6.36. The van der Waals surface area contributed by atoms with Gasteiger partial charge in [-0.1, -0.05) is 87.1 Å². The van der Waals surface area contributed by atoms with Crippen LogP contribution in [0.25, 0.3) is 0 Å². The van der Waals surface area contributed by atoms with E-state index in [9.17, 15) is 0 Å². The Morgan fingerprint density at radius 1 is 0.710 bits per heavy atom. The zero-order valence-corrected chi connectivity index (χ0v) is 19.5. The van der Waals surface area contributed by atoms with Gasteiger partial charge in [0.1, 0.15) is 0 Å². The fourth-order valence-corrected chi connectivity index (χ4v) is 6.99. The summed E-state index contributed by atoms with van der Waals surface area (Å²) < 4.78 is 0. The van der Waals surface area contributed by atoms with Crippen molar-refractivity contribution >= 4 is 5.69 Å². The summed E-state index contributed by atoms with van der Waals surface area (Å²) in [5.41, 5.74) is 4.40. The molecule has 31 heavy (non-hydrogen) atoms. The summed E-state index contributed by atoms with van der Waals surface area (Å²) in [5, 5.41) is 0. The molecule has 0 amide bonds. The summed E-state index contributed by atoms with van der Waals surface area (Å²) in [6.45, 7) is 4.81. The van der Waals surface area contributed by atoms with Crippen molar-refractivity contribution in [3.63, 3.8) is 0 Å². The molecule has 3 atom stereocenters. The van der Waals surface area contributed by atoms with E-state index in [4.69, 9.17) is 0 Å². The van der Waals surface area contributed by atoms with E-state index in [-0.39, 0.29) is 0 Å². The van der Waals surface area contributed by atoms with E-state index >= 15 is 0 Å². The molecule has 2 nitrogen and oxygen atoms in total. The number of rotatable bonds is 4. The number of benzene rings is 2. The van der Waals surface area contributed by atoms with Crippen LogP contribution in [0.5, 0.6) is 0 Å². The van der Waals surface area contributed by atoms with Crippen LogP contribution in [0.3, 0.4) is 0 Å². The zero-order valence-electron chi connectivity index (χ0n) is 19.5. The van der Waals surface area contributed by atoms with E-state index in [1.54, 1.807) is 0 Å². The normalized spacial score (nSPS) is 28.8. The highest BCUT2D eigenvalue weighted by Gasteiger charge is 2.51. The first-order valence-corrected chi connectivity index (χ1v) is 12.9. The van der Waals surface area contributed by atoms with Crippen molar-refractivity contribution in [3.8, 4) is 0 Å². The first-order chi connectivity index (χ1) is 15.3. The lowest BCUT2D eigenvalue weighted by Crippen LogP contribution is -2.50. The maximum Gasteiger partial charge on any atom is 0.0861 e.